The molecule has 2 atom stereocenters. The Kier molecular flexibility index (Phi) is 3.68. The number of rotatable bonds is 1. The summed E-state index contributed by atoms with van der Waals surface area (Å²) in [7, 11) is 0. The topological polar surface area (TPSA) is 6.48 Å². The Bertz CT molecular complexity index is 287. The normalized spacial score (nSPS) is 38.3. The van der Waals surface area contributed by atoms with Crippen molar-refractivity contribution in [1.29, 1.82) is 0 Å². The summed E-state index contributed by atoms with van der Waals surface area (Å²) in [5.74, 6) is 0. The lowest BCUT2D eigenvalue weighted by Gasteiger charge is -2.41. The summed E-state index contributed by atoms with van der Waals surface area (Å²) in [6, 6.07) is 1.77. The lowest BCUT2D eigenvalue weighted by Crippen LogP contribution is -2.45. The van der Waals surface area contributed by atoms with Crippen LogP contribution in [-0.4, -0.2) is 48.1 Å². The molecule has 2 saturated heterocycles. The first kappa shape index (κ1) is 12.9. The first-order chi connectivity index (χ1) is 8.64. The van der Waals surface area contributed by atoms with Crippen LogP contribution in [0.1, 0.15) is 58.8 Å². The predicted octanol–water partition coefficient (Wildman–Crippen LogP) is 3.13. The van der Waals surface area contributed by atoms with E-state index in [1.807, 2.05) is 0 Å². The monoisotopic (exact) mass is 250 g/mol. The van der Waals surface area contributed by atoms with Gasteiger partial charge in [-0.15, -0.1) is 0 Å². The molecule has 1 saturated carbocycles. The molecule has 0 spiro atoms. The molecule has 0 amide bonds. The van der Waals surface area contributed by atoms with Crippen LogP contribution >= 0.6 is 0 Å². The maximum Gasteiger partial charge on any atom is 0.0223 e. The zero-order valence-corrected chi connectivity index (χ0v) is 12.3. The second-order valence-corrected chi connectivity index (χ2v) is 7.59. The number of nitrogens with zero attached hydrogens (tertiary/aromatic N) is 2. The first-order valence-electron chi connectivity index (χ1n) is 8.12. The molecule has 104 valence electrons. The van der Waals surface area contributed by atoms with Crippen LogP contribution in [0.5, 0.6) is 0 Å². The van der Waals surface area contributed by atoms with E-state index in [9.17, 15) is 0 Å². The van der Waals surface area contributed by atoms with Crippen molar-refractivity contribution >= 4 is 0 Å². The van der Waals surface area contributed by atoms with E-state index in [1.54, 1.807) is 0 Å². The molecule has 2 aliphatic heterocycles. The van der Waals surface area contributed by atoms with E-state index in [0.717, 1.165) is 12.1 Å². The van der Waals surface area contributed by atoms with Crippen LogP contribution in [0.3, 0.4) is 0 Å². The molecule has 3 fully saturated rings. The Hall–Kier alpha value is -0.0800. The fourth-order valence-corrected chi connectivity index (χ4v) is 4.54. The van der Waals surface area contributed by atoms with Crippen LogP contribution in [0.2, 0.25) is 0 Å². The van der Waals surface area contributed by atoms with E-state index in [-0.39, 0.29) is 0 Å². The van der Waals surface area contributed by atoms with Gasteiger partial charge in [0.15, 0.2) is 0 Å². The van der Waals surface area contributed by atoms with Crippen molar-refractivity contribution in [3.8, 4) is 0 Å². The van der Waals surface area contributed by atoms with Gasteiger partial charge in [0.05, 0.1) is 0 Å². The van der Waals surface area contributed by atoms with Gasteiger partial charge in [0.2, 0.25) is 0 Å². The Morgan fingerprint density at radius 1 is 0.833 bits per heavy atom. The maximum absolute atomic E-state index is 2.86. The van der Waals surface area contributed by atoms with Gasteiger partial charge in [-0.05, 0) is 63.6 Å². The van der Waals surface area contributed by atoms with Crippen LogP contribution in [0.4, 0.5) is 0 Å². The van der Waals surface area contributed by atoms with Gasteiger partial charge in [0.25, 0.3) is 0 Å². The Morgan fingerprint density at radius 3 is 2.39 bits per heavy atom. The Morgan fingerprint density at radius 2 is 1.56 bits per heavy atom. The molecule has 0 N–H and O–H groups in total. The van der Waals surface area contributed by atoms with Gasteiger partial charge in [0, 0.05) is 18.6 Å². The second-order valence-electron chi connectivity index (χ2n) is 7.59. The molecule has 0 radical (unpaired) electrons. The zero-order chi connectivity index (χ0) is 12.6. The fourth-order valence-electron chi connectivity index (χ4n) is 4.54. The minimum absolute atomic E-state index is 0.588. The summed E-state index contributed by atoms with van der Waals surface area (Å²) in [6.45, 7) is 10.4. The molecule has 2 heteroatoms. The Labute approximate surface area is 113 Å². The summed E-state index contributed by atoms with van der Waals surface area (Å²) in [6.07, 6.45) is 10.1. The lowest BCUT2D eigenvalue weighted by molar-refractivity contribution is 0.0879. The van der Waals surface area contributed by atoms with E-state index >= 15 is 0 Å². The van der Waals surface area contributed by atoms with E-state index < -0.39 is 0 Å². The summed E-state index contributed by atoms with van der Waals surface area (Å²) < 4.78 is 0. The quantitative estimate of drug-likeness (QED) is 0.705. The highest BCUT2D eigenvalue weighted by Gasteiger charge is 2.35. The number of hydrogen-bond acceptors (Lipinski definition) is 2. The minimum atomic E-state index is 0.588. The first-order valence-corrected chi connectivity index (χ1v) is 8.12. The second kappa shape index (κ2) is 5.13. The molecule has 2 heterocycles. The predicted molar refractivity (Wildman–Crippen MR) is 76.8 cm³/mol. The maximum atomic E-state index is 2.86. The highest BCUT2D eigenvalue weighted by molar-refractivity contribution is 4.90. The van der Waals surface area contributed by atoms with Crippen molar-refractivity contribution in [3.05, 3.63) is 0 Å². The molecular weight excluding hydrogens is 220 g/mol. The Balaban J connectivity index is 1.64. The van der Waals surface area contributed by atoms with Crippen molar-refractivity contribution in [2.24, 2.45) is 5.41 Å². The van der Waals surface area contributed by atoms with Gasteiger partial charge >= 0.3 is 0 Å². The number of fused-ring (bicyclic) bond motifs is 1. The van der Waals surface area contributed by atoms with Crippen LogP contribution in [0, 0.1) is 5.41 Å². The van der Waals surface area contributed by atoms with Gasteiger partial charge in [-0.2, -0.15) is 0 Å². The largest absolute Gasteiger partial charge is 0.299 e. The highest BCUT2D eigenvalue weighted by Crippen LogP contribution is 2.38. The molecule has 0 aromatic heterocycles. The molecule has 0 aromatic rings. The zero-order valence-electron chi connectivity index (χ0n) is 12.3. The molecular formula is C16H30N2. The molecule has 0 aromatic carbocycles. The SMILES string of the molecule is CC1(C)CCCC(N2CCCN3CCCC3C2)C1. The molecule has 0 bridgehead atoms. The van der Waals surface area contributed by atoms with Crippen LogP contribution < -0.4 is 0 Å². The van der Waals surface area contributed by atoms with Crippen LogP contribution in [0.25, 0.3) is 0 Å². The highest BCUT2D eigenvalue weighted by atomic mass is 15.3. The minimum Gasteiger partial charge on any atom is -0.299 e. The van der Waals surface area contributed by atoms with Crippen LogP contribution in [0.15, 0.2) is 0 Å². The van der Waals surface area contributed by atoms with E-state index in [4.69, 9.17) is 0 Å². The van der Waals surface area contributed by atoms with Gasteiger partial charge < -0.3 is 0 Å². The van der Waals surface area contributed by atoms with Crippen molar-refractivity contribution in [2.45, 2.75) is 70.9 Å². The average molecular weight is 250 g/mol. The fraction of sp³-hybridized carbons (Fsp3) is 1.00. The third-order valence-electron chi connectivity index (χ3n) is 5.53. The van der Waals surface area contributed by atoms with Gasteiger partial charge in [-0.1, -0.05) is 20.3 Å². The summed E-state index contributed by atoms with van der Waals surface area (Å²) >= 11 is 0. The van der Waals surface area contributed by atoms with Crippen molar-refractivity contribution in [3.63, 3.8) is 0 Å². The lowest BCUT2D eigenvalue weighted by atomic mass is 9.74. The van der Waals surface area contributed by atoms with Gasteiger partial charge in [-0.25, -0.2) is 0 Å². The summed E-state index contributed by atoms with van der Waals surface area (Å²) in [5.41, 5.74) is 0.588. The van der Waals surface area contributed by atoms with Crippen molar-refractivity contribution < 1.29 is 0 Å². The molecule has 2 unspecified atom stereocenters. The molecule has 2 nitrogen and oxygen atoms in total. The summed E-state index contributed by atoms with van der Waals surface area (Å²) in [5, 5.41) is 0. The third kappa shape index (κ3) is 2.75. The third-order valence-corrected chi connectivity index (χ3v) is 5.53. The van der Waals surface area contributed by atoms with Crippen molar-refractivity contribution in [2.75, 3.05) is 26.2 Å². The molecule has 3 aliphatic rings. The van der Waals surface area contributed by atoms with Gasteiger partial charge in [-0.3, -0.25) is 9.80 Å². The van der Waals surface area contributed by atoms with E-state index in [2.05, 4.69) is 23.6 Å². The standard InChI is InChI=1S/C16H30N2/c1-16(2)8-3-6-14(12-16)18-11-5-10-17-9-4-7-15(17)13-18/h14-15H,3-13H2,1-2H3. The smallest absolute Gasteiger partial charge is 0.0223 e. The average Bonchev–Trinajstić information content (AvgIpc) is 2.65. The molecule has 1 aliphatic carbocycles. The van der Waals surface area contributed by atoms with E-state index in [1.165, 1.54) is 71.1 Å². The van der Waals surface area contributed by atoms with Crippen molar-refractivity contribution in [1.82, 2.24) is 9.80 Å². The van der Waals surface area contributed by atoms with E-state index in [0.29, 0.717) is 5.41 Å². The van der Waals surface area contributed by atoms with Crippen LogP contribution in [-0.2, 0) is 0 Å². The van der Waals surface area contributed by atoms with Gasteiger partial charge in [0.1, 0.15) is 0 Å². The molecule has 3 rings (SSSR count). The summed E-state index contributed by atoms with van der Waals surface area (Å²) in [4.78, 5) is 5.62. The molecule has 18 heavy (non-hydrogen) atoms. The number of hydrogen-bond donors (Lipinski definition) is 0.